The Kier molecular flexibility index (Phi) is 5.67. The summed E-state index contributed by atoms with van der Waals surface area (Å²) < 4.78 is 24.8. The van der Waals surface area contributed by atoms with Gasteiger partial charge in [0.15, 0.2) is 14.6 Å². The van der Waals surface area contributed by atoms with Crippen molar-refractivity contribution < 1.29 is 18.4 Å². The molecule has 1 saturated heterocycles. The maximum absolute atomic E-state index is 13.2. The summed E-state index contributed by atoms with van der Waals surface area (Å²) in [4.78, 5) is 14.6. The van der Waals surface area contributed by atoms with Gasteiger partial charge in [-0.15, -0.1) is 0 Å². The average Bonchev–Trinajstić information content (AvgIpc) is 2.60. The van der Waals surface area contributed by atoms with Gasteiger partial charge in [-0.25, -0.2) is 13.9 Å². The van der Waals surface area contributed by atoms with E-state index in [9.17, 15) is 13.2 Å². The Morgan fingerprint density at radius 1 is 1.25 bits per heavy atom. The van der Waals surface area contributed by atoms with Crippen LogP contribution in [0, 0.1) is 0 Å². The van der Waals surface area contributed by atoms with Gasteiger partial charge >= 0.3 is 0 Å². The highest BCUT2D eigenvalue weighted by Gasteiger charge is 2.53. The largest absolute Gasteiger partial charge is 0.301 e. The van der Waals surface area contributed by atoms with Crippen molar-refractivity contribution in [2.75, 3.05) is 13.1 Å². The van der Waals surface area contributed by atoms with Crippen molar-refractivity contribution in [3.63, 3.8) is 0 Å². The van der Waals surface area contributed by atoms with Gasteiger partial charge in [-0.2, -0.15) is 0 Å². The van der Waals surface area contributed by atoms with E-state index in [4.69, 9.17) is 5.21 Å². The second kappa shape index (κ2) is 7.21. The third kappa shape index (κ3) is 3.20. The summed E-state index contributed by atoms with van der Waals surface area (Å²) in [6.07, 6.45) is 1.14. The van der Waals surface area contributed by atoms with Gasteiger partial charge in [0.2, 0.25) is 0 Å². The first kappa shape index (κ1) is 18.9. The number of likely N-dealkylation sites (tertiary alicyclic amines) is 1. The Hall–Kier alpha value is -1.44. The monoisotopic (exact) mass is 354 g/mol. The number of hydrogen-bond donors (Lipinski definition) is 2. The van der Waals surface area contributed by atoms with E-state index in [1.165, 1.54) is 0 Å². The summed E-state index contributed by atoms with van der Waals surface area (Å²) >= 11 is 0. The number of benzene rings is 1. The van der Waals surface area contributed by atoms with E-state index in [2.05, 4.69) is 4.90 Å². The molecule has 1 aliphatic heterocycles. The second-order valence-corrected chi connectivity index (χ2v) is 8.83. The van der Waals surface area contributed by atoms with Crippen molar-refractivity contribution >= 4 is 15.7 Å². The standard InChI is InChI=1S/C17H26N2O4S/c1-4-14-5-7-15(8-6-14)24(22,23)17(16(20)18-21)9-11-19(12-10-17)13(2)3/h5-8,13,21H,4,9-12H2,1-3H3,(H,18,20). The molecule has 1 aromatic rings. The zero-order valence-electron chi connectivity index (χ0n) is 14.4. The van der Waals surface area contributed by atoms with Crippen LogP contribution >= 0.6 is 0 Å². The normalized spacial score (nSPS) is 18.5. The molecule has 6 nitrogen and oxygen atoms in total. The predicted octanol–water partition coefficient (Wildman–Crippen LogP) is 1.77. The number of sulfone groups is 1. The van der Waals surface area contributed by atoms with Crippen LogP contribution in [0.3, 0.4) is 0 Å². The smallest absolute Gasteiger partial charge is 0.265 e. The van der Waals surface area contributed by atoms with E-state index < -0.39 is 20.5 Å². The third-order valence-corrected chi connectivity index (χ3v) is 7.52. The third-order valence-electron chi connectivity index (χ3n) is 5.01. The first-order chi connectivity index (χ1) is 11.3. The maximum atomic E-state index is 13.2. The van der Waals surface area contributed by atoms with Gasteiger partial charge in [0.25, 0.3) is 5.91 Å². The molecule has 1 aliphatic rings. The molecular weight excluding hydrogens is 328 g/mol. The number of piperidine rings is 1. The van der Waals surface area contributed by atoms with Crippen LogP contribution in [-0.4, -0.2) is 48.3 Å². The number of nitrogens with one attached hydrogen (secondary N) is 1. The minimum Gasteiger partial charge on any atom is -0.301 e. The molecular formula is C17H26N2O4S. The summed E-state index contributed by atoms with van der Waals surface area (Å²) in [6, 6.07) is 6.92. The van der Waals surface area contributed by atoms with Crippen LogP contribution in [0.15, 0.2) is 29.2 Å². The number of rotatable bonds is 5. The fraction of sp³-hybridized carbons (Fsp3) is 0.588. The lowest BCUT2D eigenvalue weighted by Crippen LogP contribution is -2.58. The molecule has 2 N–H and O–H groups in total. The summed E-state index contributed by atoms with van der Waals surface area (Å²) in [5.74, 6) is -0.842. The minimum absolute atomic E-state index is 0.126. The van der Waals surface area contributed by atoms with Crippen molar-refractivity contribution in [2.45, 2.75) is 55.7 Å². The Morgan fingerprint density at radius 3 is 2.21 bits per heavy atom. The lowest BCUT2D eigenvalue weighted by molar-refractivity contribution is -0.133. The fourth-order valence-corrected chi connectivity index (χ4v) is 5.21. The minimum atomic E-state index is -3.91. The number of nitrogens with zero attached hydrogens (tertiary/aromatic N) is 1. The van der Waals surface area contributed by atoms with Crippen LogP contribution in [0.5, 0.6) is 0 Å². The van der Waals surface area contributed by atoms with Gasteiger partial charge < -0.3 is 4.90 Å². The molecule has 0 atom stereocenters. The summed E-state index contributed by atoms with van der Waals surface area (Å²) in [5.41, 5.74) is 2.61. The predicted molar refractivity (Wildman–Crippen MR) is 91.6 cm³/mol. The zero-order valence-corrected chi connectivity index (χ0v) is 15.3. The number of carbonyl (C=O) groups excluding carboxylic acids is 1. The Labute approximate surface area is 143 Å². The molecule has 1 heterocycles. The lowest BCUT2D eigenvalue weighted by Gasteiger charge is -2.40. The van der Waals surface area contributed by atoms with Crippen LogP contribution in [-0.2, 0) is 21.1 Å². The molecule has 0 saturated carbocycles. The van der Waals surface area contributed by atoms with Gasteiger partial charge in [-0.05, 0) is 50.8 Å². The fourth-order valence-electron chi connectivity index (χ4n) is 3.25. The molecule has 0 spiro atoms. The molecule has 2 rings (SSSR count). The maximum Gasteiger partial charge on any atom is 0.265 e. The van der Waals surface area contributed by atoms with Crippen molar-refractivity contribution in [3.8, 4) is 0 Å². The van der Waals surface area contributed by atoms with E-state index in [0.717, 1.165) is 12.0 Å². The quantitative estimate of drug-likeness (QED) is 0.622. The SMILES string of the molecule is CCc1ccc(S(=O)(=O)C2(C(=O)NO)CCN(C(C)C)CC2)cc1. The van der Waals surface area contributed by atoms with Crippen LogP contribution in [0.2, 0.25) is 0 Å². The van der Waals surface area contributed by atoms with Crippen LogP contribution in [0.25, 0.3) is 0 Å². The Morgan fingerprint density at radius 2 is 1.79 bits per heavy atom. The van der Waals surface area contributed by atoms with Crippen LogP contribution < -0.4 is 5.48 Å². The molecule has 0 aromatic heterocycles. The molecule has 1 fully saturated rings. The van der Waals surface area contributed by atoms with Gasteiger partial charge in [-0.1, -0.05) is 19.1 Å². The van der Waals surface area contributed by atoms with E-state index >= 15 is 0 Å². The zero-order chi connectivity index (χ0) is 18.0. The molecule has 1 aromatic carbocycles. The second-order valence-electron chi connectivity index (χ2n) is 6.57. The van der Waals surface area contributed by atoms with Gasteiger partial charge in [-0.3, -0.25) is 10.0 Å². The number of amides is 1. The van der Waals surface area contributed by atoms with E-state index in [0.29, 0.717) is 13.1 Å². The first-order valence-electron chi connectivity index (χ1n) is 8.30. The summed E-state index contributed by atoms with van der Waals surface area (Å²) in [5, 5.41) is 9.14. The number of hydrogen-bond acceptors (Lipinski definition) is 5. The van der Waals surface area contributed by atoms with E-state index in [1.54, 1.807) is 29.7 Å². The molecule has 0 bridgehead atoms. The summed E-state index contributed by atoms with van der Waals surface area (Å²) in [7, 11) is -3.91. The Bertz CT molecular complexity index is 675. The molecule has 1 amide bonds. The highest BCUT2D eigenvalue weighted by Crippen LogP contribution is 2.36. The number of carbonyl (C=O) groups is 1. The highest BCUT2D eigenvalue weighted by atomic mass is 32.2. The van der Waals surface area contributed by atoms with E-state index in [1.807, 2.05) is 20.8 Å². The first-order valence-corrected chi connectivity index (χ1v) is 9.79. The number of hydroxylamine groups is 1. The summed E-state index contributed by atoms with van der Waals surface area (Å²) in [6.45, 7) is 7.06. The van der Waals surface area contributed by atoms with E-state index in [-0.39, 0.29) is 23.8 Å². The van der Waals surface area contributed by atoms with Crippen molar-refractivity contribution in [2.24, 2.45) is 0 Å². The lowest BCUT2D eigenvalue weighted by atomic mass is 9.94. The van der Waals surface area contributed by atoms with Gasteiger partial charge in [0, 0.05) is 19.1 Å². The molecule has 0 aliphatic carbocycles. The number of aryl methyl sites for hydroxylation is 1. The van der Waals surface area contributed by atoms with Crippen LogP contribution in [0.4, 0.5) is 0 Å². The molecule has 24 heavy (non-hydrogen) atoms. The average molecular weight is 354 g/mol. The van der Waals surface area contributed by atoms with Gasteiger partial charge in [0.05, 0.1) is 4.90 Å². The van der Waals surface area contributed by atoms with Crippen molar-refractivity contribution in [1.29, 1.82) is 0 Å². The topological polar surface area (TPSA) is 86.7 Å². The molecule has 0 unspecified atom stereocenters. The van der Waals surface area contributed by atoms with Crippen molar-refractivity contribution in [1.82, 2.24) is 10.4 Å². The van der Waals surface area contributed by atoms with Gasteiger partial charge in [0.1, 0.15) is 0 Å². The van der Waals surface area contributed by atoms with Crippen LogP contribution in [0.1, 0.15) is 39.2 Å². The molecule has 0 radical (unpaired) electrons. The highest BCUT2D eigenvalue weighted by molar-refractivity contribution is 7.93. The molecule has 7 heteroatoms. The molecule has 134 valence electrons. The Balaban J connectivity index is 2.42. The van der Waals surface area contributed by atoms with Crippen molar-refractivity contribution in [3.05, 3.63) is 29.8 Å².